The summed E-state index contributed by atoms with van der Waals surface area (Å²) in [7, 11) is 0. The molecule has 1 aromatic rings. The first-order valence-corrected chi connectivity index (χ1v) is 7.93. The fourth-order valence-corrected chi connectivity index (χ4v) is 3.51. The van der Waals surface area contributed by atoms with Crippen LogP contribution in [-0.2, 0) is 6.54 Å². The highest BCUT2D eigenvalue weighted by molar-refractivity contribution is 7.09. The second-order valence-electron chi connectivity index (χ2n) is 5.42. The highest BCUT2D eigenvalue weighted by atomic mass is 32.1. The molecule has 0 bridgehead atoms. The van der Waals surface area contributed by atoms with E-state index in [1.165, 1.54) is 36.5 Å². The number of nitrogens with zero attached hydrogens (tertiary/aromatic N) is 2. The maximum atomic E-state index is 4.34. The van der Waals surface area contributed by atoms with E-state index in [1.807, 2.05) is 5.51 Å². The van der Waals surface area contributed by atoms with E-state index in [1.54, 1.807) is 11.3 Å². The van der Waals surface area contributed by atoms with Crippen LogP contribution in [0.2, 0.25) is 0 Å². The number of hydrogen-bond acceptors (Lipinski definition) is 4. The molecule has 4 heteroatoms. The van der Waals surface area contributed by atoms with Crippen molar-refractivity contribution in [1.82, 2.24) is 15.2 Å². The molecule has 1 fully saturated rings. The minimum Gasteiger partial charge on any atom is -0.314 e. The van der Waals surface area contributed by atoms with E-state index in [0.717, 1.165) is 19.0 Å². The highest BCUT2D eigenvalue weighted by Crippen LogP contribution is 2.21. The average molecular weight is 267 g/mol. The minimum atomic E-state index is 0.712. The Morgan fingerprint density at radius 3 is 3.00 bits per heavy atom. The molecule has 0 aliphatic carbocycles. The van der Waals surface area contributed by atoms with Crippen molar-refractivity contribution in [3.05, 3.63) is 16.1 Å². The first-order valence-electron chi connectivity index (χ1n) is 7.05. The fraction of sp³-hybridized carbons (Fsp3) is 0.786. The van der Waals surface area contributed by atoms with Gasteiger partial charge in [-0.15, -0.1) is 11.3 Å². The zero-order chi connectivity index (χ0) is 13.0. The van der Waals surface area contributed by atoms with Gasteiger partial charge in [0.05, 0.1) is 11.2 Å². The van der Waals surface area contributed by atoms with Crippen LogP contribution in [0.1, 0.15) is 37.3 Å². The molecule has 1 aliphatic heterocycles. The molecule has 2 unspecified atom stereocenters. The number of likely N-dealkylation sites (tertiary alicyclic amines) is 1. The lowest BCUT2D eigenvalue weighted by Crippen LogP contribution is -2.48. The van der Waals surface area contributed by atoms with E-state index in [-0.39, 0.29) is 0 Å². The summed E-state index contributed by atoms with van der Waals surface area (Å²) in [5.41, 5.74) is 3.17. The lowest BCUT2D eigenvalue weighted by molar-refractivity contribution is 0.142. The van der Waals surface area contributed by atoms with Crippen LogP contribution in [-0.4, -0.2) is 35.6 Å². The quantitative estimate of drug-likeness (QED) is 0.889. The van der Waals surface area contributed by atoms with E-state index in [4.69, 9.17) is 0 Å². The van der Waals surface area contributed by atoms with Crippen LogP contribution in [0.25, 0.3) is 0 Å². The van der Waals surface area contributed by atoms with Crippen molar-refractivity contribution >= 4 is 11.3 Å². The Bertz CT molecular complexity index is 364. The highest BCUT2D eigenvalue weighted by Gasteiger charge is 2.25. The van der Waals surface area contributed by atoms with Crippen LogP contribution >= 0.6 is 11.3 Å². The summed E-state index contributed by atoms with van der Waals surface area (Å²) >= 11 is 1.79. The van der Waals surface area contributed by atoms with Gasteiger partial charge in [0.15, 0.2) is 0 Å². The average Bonchev–Trinajstić information content (AvgIpc) is 2.74. The third-order valence-corrected chi connectivity index (χ3v) is 4.78. The molecule has 0 saturated carbocycles. The predicted molar refractivity (Wildman–Crippen MR) is 78.0 cm³/mol. The van der Waals surface area contributed by atoms with E-state index >= 15 is 0 Å². The second-order valence-corrected chi connectivity index (χ2v) is 6.36. The number of rotatable bonds is 5. The Balaban J connectivity index is 1.83. The molecule has 1 aliphatic rings. The van der Waals surface area contributed by atoms with Gasteiger partial charge in [0, 0.05) is 30.6 Å². The Hall–Kier alpha value is -0.450. The summed E-state index contributed by atoms with van der Waals surface area (Å²) in [5, 5.41) is 3.68. The molecule has 2 heterocycles. The van der Waals surface area contributed by atoms with E-state index in [9.17, 15) is 0 Å². The van der Waals surface area contributed by atoms with Crippen molar-refractivity contribution < 1.29 is 0 Å². The summed E-state index contributed by atoms with van der Waals surface area (Å²) in [6, 6.07) is 0.712. The Kier molecular flexibility index (Phi) is 5.15. The lowest BCUT2D eigenvalue weighted by atomic mass is 9.93. The van der Waals surface area contributed by atoms with Gasteiger partial charge in [-0.1, -0.05) is 13.8 Å². The molecule has 18 heavy (non-hydrogen) atoms. The van der Waals surface area contributed by atoms with Gasteiger partial charge in [0.2, 0.25) is 0 Å². The minimum absolute atomic E-state index is 0.712. The SMILES string of the molecule is CCCNC1CCN(Cc2scnc2C)CC1C. The van der Waals surface area contributed by atoms with Crippen molar-refractivity contribution in [3.8, 4) is 0 Å². The van der Waals surface area contributed by atoms with Crippen molar-refractivity contribution in [2.24, 2.45) is 5.92 Å². The van der Waals surface area contributed by atoms with Gasteiger partial charge in [-0.25, -0.2) is 4.98 Å². The van der Waals surface area contributed by atoms with Crippen LogP contribution < -0.4 is 5.32 Å². The summed E-state index contributed by atoms with van der Waals surface area (Å²) < 4.78 is 0. The largest absolute Gasteiger partial charge is 0.314 e. The molecule has 3 nitrogen and oxygen atoms in total. The van der Waals surface area contributed by atoms with Crippen LogP contribution in [0.5, 0.6) is 0 Å². The molecule has 0 amide bonds. The van der Waals surface area contributed by atoms with Crippen LogP contribution in [0, 0.1) is 12.8 Å². The Morgan fingerprint density at radius 2 is 2.39 bits per heavy atom. The molecule has 2 atom stereocenters. The van der Waals surface area contributed by atoms with Crippen molar-refractivity contribution in [2.45, 2.75) is 46.2 Å². The summed E-state index contributed by atoms with van der Waals surface area (Å²) in [4.78, 5) is 8.35. The second kappa shape index (κ2) is 6.64. The van der Waals surface area contributed by atoms with Gasteiger partial charge in [0.1, 0.15) is 0 Å². The van der Waals surface area contributed by atoms with Crippen molar-refractivity contribution in [2.75, 3.05) is 19.6 Å². The van der Waals surface area contributed by atoms with Gasteiger partial charge in [-0.05, 0) is 32.2 Å². The Morgan fingerprint density at radius 1 is 1.56 bits per heavy atom. The molecular formula is C14H25N3S. The summed E-state index contributed by atoms with van der Waals surface area (Å²) in [6.45, 7) is 11.4. The van der Waals surface area contributed by atoms with Gasteiger partial charge in [0.25, 0.3) is 0 Å². The van der Waals surface area contributed by atoms with Crippen LogP contribution in [0.3, 0.4) is 0 Å². The number of nitrogens with one attached hydrogen (secondary N) is 1. The summed E-state index contributed by atoms with van der Waals surface area (Å²) in [6.07, 6.45) is 2.51. The molecule has 0 radical (unpaired) electrons. The third-order valence-electron chi connectivity index (χ3n) is 3.86. The molecule has 0 spiro atoms. The van der Waals surface area contributed by atoms with Crippen LogP contribution in [0.15, 0.2) is 5.51 Å². The molecule has 1 N–H and O–H groups in total. The fourth-order valence-electron chi connectivity index (χ4n) is 2.69. The number of hydrogen-bond donors (Lipinski definition) is 1. The number of thiazole rings is 1. The smallest absolute Gasteiger partial charge is 0.0798 e. The number of aromatic nitrogens is 1. The van der Waals surface area contributed by atoms with E-state index < -0.39 is 0 Å². The van der Waals surface area contributed by atoms with Gasteiger partial charge in [-0.3, -0.25) is 4.90 Å². The first kappa shape index (κ1) is 14.0. The standard InChI is InChI=1S/C14H25N3S/c1-4-6-15-13-5-7-17(8-11(13)2)9-14-12(3)16-10-18-14/h10-11,13,15H,4-9H2,1-3H3. The molecule has 1 saturated heterocycles. The lowest BCUT2D eigenvalue weighted by Gasteiger charge is -2.37. The topological polar surface area (TPSA) is 28.2 Å². The Labute approximate surface area is 115 Å². The zero-order valence-corrected chi connectivity index (χ0v) is 12.6. The van der Waals surface area contributed by atoms with Gasteiger partial charge < -0.3 is 5.32 Å². The van der Waals surface area contributed by atoms with Crippen molar-refractivity contribution in [3.63, 3.8) is 0 Å². The molecular weight excluding hydrogens is 242 g/mol. The number of piperidine rings is 1. The van der Waals surface area contributed by atoms with Gasteiger partial charge in [-0.2, -0.15) is 0 Å². The van der Waals surface area contributed by atoms with E-state index in [0.29, 0.717) is 6.04 Å². The van der Waals surface area contributed by atoms with E-state index in [2.05, 4.69) is 36.0 Å². The maximum Gasteiger partial charge on any atom is 0.0798 e. The normalized spacial score (nSPS) is 25.5. The van der Waals surface area contributed by atoms with Crippen molar-refractivity contribution in [1.29, 1.82) is 0 Å². The van der Waals surface area contributed by atoms with Crippen LogP contribution in [0.4, 0.5) is 0 Å². The molecule has 0 aromatic carbocycles. The van der Waals surface area contributed by atoms with Gasteiger partial charge >= 0.3 is 0 Å². The number of aryl methyl sites for hydroxylation is 1. The predicted octanol–water partition coefficient (Wildman–Crippen LogP) is 2.66. The maximum absolute atomic E-state index is 4.34. The molecule has 2 rings (SSSR count). The zero-order valence-electron chi connectivity index (χ0n) is 11.8. The third kappa shape index (κ3) is 3.53. The molecule has 1 aromatic heterocycles. The first-order chi connectivity index (χ1) is 8.70. The molecule has 102 valence electrons. The summed E-state index contributed by atoms with van der Waals surface area (Å²) in [5.74, 6) is 0.749. The monoisotopic (exact) mass is 267 g/mol.